The standard InChI is InChI=1S/C16H22FNO3/c1-11(19)12-5-7-18(8-6-12)10-15(20)14-9-13(17)3-4-16(14)21-2/h3-4,9,11-12,19H,5-8,10H2,1-2H3. The maximum atomic E-state index is 13.3. The van der Waals surface area contributed by atoms with Gasteiger partial charge in [0.1, 0.15) is 11.6 Å². The topological polar surface area (TPSA) is 49.8 Å². The van der Waals surface area contributed by atoms with E-state index in [1.54, 1.807) is 0 Å². The van der Waals surface area contributed by atoms with Crippen molar-refractivity contribution in [2.45, 2.75) is 25.9 Å². The van der Waals surface area contributed by atoms with Gasteiger partial charge in [-0.05, 0) is 57.0 Å². The molecule has 116 valence electrons. The maximum absolute atomic E-state index is 13.3. The lowest BCUT2D eigenvalue weighted by Gasteiger charge is -2.32. The average Bonchev–Trinajstić information content (AvgIpc) is 2.47. The number of nitrogens with zero attached hydrogens (tertiary/aromatic N) is 1. The van der Waals surface area contributed by atoms with E-state index in [1.165, 1.54) is 25.3 Å². The minimum Gasteiger partial charge on any atom is -0.496 e. The largest absolute Gasteiger partial charge is 0.496 e. The number of aliphatic hydroxyl groups is 1. The Morgan fingerprint density at radius 2 is 2.14 bits per heavy atom. The van der Waals surface area contributed by atoms with E-state index in [4.69, 9.17) is 4.74 Å². The lowest BCUT2D eigenvalue weighted by molar-refractivity contribution is 0.0663. The van der Waals surface area contributed by atoms with Gasteiger partial charge in [0.05, 0.1) is 25.3 Å². The normalized spacial score (nSPS) is 18.5. The third kappa shape index (κ3) is 4.02. The van der Waals surface area contributed by atoms with Crippen LogP contribution in [0.5, 0.6) is 5.75 Å². The van der Waals surface area contributed by atoms with Crippen molar-refractivity contribution in [1.82, 2.24) is 4.90 Å². The molecular formula is C16H22FNO3. The number of rotatable bonds is 5. The zero-order chi connectivity index (χ0) is 15.4. The maximum Gasteiger partial charge on any atom is 0.180 e. The predicted molar refractivity (Wildman–Crippen MR) is 78.1 cm³/mol. The number of likely N-dealkylation sites (tertiary alicyclic amines) is 1. The predicted octanol–water partition coefficient (Wildman–Crippen LogP) is 2.11. The van der Waals surface area contributed by atoms with Crippen molar-refractivity contribution in [3.63, 3.8) is 0 Å². The fraction of sp³-hybridized carbons (Fsp3) is 0.562. The molecule has 0 spiro atoms. The molecule has 0 amide bonds. The highest BCUT2D eigenvalue weighted by Crippen LogP contribution is 2.23. The van der Waals surface area contributed by atoms with Gasteiger partial charge in [-0.3, -0.25) is 9.69 Å². The number of ether oxygens (including phenoxy) is 1. The first-order valence-electron chi connectivity index (χ1n) is 7.28. The second-order valence-electron chi connectivity index (χ2n) is 5.62. The van der Waals surface area contributed by atoms with Crippen LogP contribution >= 0.6 is 0 Å². The van der Waals surface area contributed by atoms with Gasteiger partial charge in [0.15, 0.2) is 5.78 Å². The van der Waals surface area contributed by atoms with Gasteiger partial charge >= 0.3 is 0 Å². The number of carbonyl (C=O) groups excluding carboxylic acids is 1. The van der Waals surface area contributed by atoms with Crippen molar-refractivity contribution in [2.24, 2.45) is 5.92 Å². The first kappa shape index (κ1) is 15.9. The van der Waals surface area contributed by atoms with E-state index >= 15 is 0 Å². The number of piperidine rings is 1. The molecule has 21 heavy (non-hydrogen) atoms. The van der Waals surface area contributed by atoms with Gasteiger partial charge in [0, 0.05) is 0 Å². The van der Waals surface area contributed by atoms with Crippen LogP contribution in [-0.2, 0) is 0 Å². The van der Waals surface area contributed by atoms with Crippen LogP contribution in [0.25, 0.3) is 0 Å². The Hall–Kier alpha value is -1.46. The first-order valence-corrected chi connectivity index (χ1v) is 7.28. The van der Waals surface area contributed by atoms with Crippen LogP contribution in [0.2, 0.25) is 0 Å². The summed E-state index contributed by atoms with van der Waals surface area (Å²) in [7, 11) is 1.47. The van der Waals surface area contributed by atoms with Gasteiger partial charge in [-0.1, -0.05) is 0 Å². The van der Waals surface area contributed by atoms with Crippen LogP contribution in [0, 0.1) is 11.7 Å². The summed E-state index contributed by atoms with van der Waals surface area (Å²) in [6.45, 7) is 3.62. The summed E-state index contributed by atoms with van der Waals surface area (Å²) in [5, 5.41) is 9.58. The number of benzene rings is 1. The van der Waals surface area contributed by atoms with Crippen molar-refractivity contribution in [3.8, 4) is 5.75 Å². The zero-order valence-electron chi connectivity index (χ0n) is 12.5. The van der Waals surface area contributed by atoms with Gasteiger partial charge in [-0.15, -0.1) is 0 Å². The number of Topliss-reactive ketones (excluding diaryl/α,β-unsaturated/α-hetero) is 1. The Morgan fingerprint density at radius 3 is 2.71 bits per heavy atom. The second kappa shape index (κ2) is 7.00. The molecule has 0 aliphatic carbocycles. The molecule has 0 aromatic heterocycles. The van der Waals surface area contributed by atoms with Gasteiger partial charge < -0.3 is 9.84 Å². The van der Waals surface area contributed by atoms with Gasteiger partial charge in [0.2, 0.25) is 0 Å². The van der Waals surface area contributed by atoms with E-state index in [-0.39, 0.29) is 24.0 Å². The number of hydrogen-bond acceptors (Lipinski definition) is 4. The molecule has 1 unspecified atom stereocenters. The molecule has 2 rings (SSSR count). The number of methoxy groups -OCH3 is 1. The first-order chi connectivity index (χ1) is 10.0. The van der Waals surface area contributed by atoms with E-state index in [2.05, 4.69) is 0 Å². The Bertz CT molecular complexity index is 496. The highest BCUT2D eigenvalue weighted by atomic mass is 19.1. The van der Waals surface area contributed by atoms with Crippen LogP contribution in [0.15, 0.2) is 18.2 Å². The van der Waals surface area contributed by atoms with E-state index in [9.17, 15) is 14.3 Å². The Kier molecular flexibility index (Phi) is 5.31. The monoisotopic (exact) mass is 295 g/mol. The van der Waals surface area contributed by atoms with Crippen molar-refractivity contribution in [1.29, 1.82) is 0 Å². The third-order valence-corrected chi connectivity index (χ3v) is 4.14. The molecule has 1 fully saturated rings. The number of carbonyl (C=O) groups is 1. The molecule has 5 heteroatoms. The molecule has 0 radical (unpaired) electrons. The van der Waals surface area contributed by atoms with Crippen LogP contribution in [-0.4, -0.2) is 48.6 Å². The summed E-state index contributed by atoms with van der Waals surface area (Å²) in [6, 6.07) is 3.98. The highest BCUT2D eigenvalue weighted by Gasteiger charge is 2.24. The Balaban J connectivity index is 1.98. The molecule has 1 aliphatic rings. The SMILES string of the molecule is COc1ccc(F)cc1C(=O)CN1CCC(C(C)O)CC1. The van der Waals surface area contributed by atoms with Crippen LogP contribution in [0.1, 0.15) is 30.1 Å². The molecule has 0 saturated carbocycles. The van der Waals surface area contributed by atoms with Crippen molar-refractivity contribution < 1.29 is 19.0 Å². The number of hydrogen-bond donors (Lipinski definition) is 1. The van der Waals surface area contributed by atoms with E-state index in [0.29, 0.717) is 11.7 Å². The summed E-state index contributed by atoms with van der Waals surface area (Å²) in [5.74, 6) is 0.133. The number of halogens is 1. The van der Waals surface area contributed by atoms with E-state index in [0.717, 1.165) is 25.9 Å². The lowest BCUT2D eigenvalue weighted by Crippen LogP contribution is -2.39. The molecule has 1 aliphatic heterocycles. The smallest absolute Gasteiger partial charge is 0.180 e. The van der Waals surface area contributed by atoms with Crippen molar-refractivity contribution in [3.05, 3.63) is 29.6 Å². The minimum absolute atomic E-state index is 0.137. The lowest BCUT2D eigenvalue weighted by atomic mass is 9.92. The molecule has 1 atom stereocenters. The van der Waals surface area contributed by atoms with Crippen molar-refractivity contribution >= 4 is 5.78 Å². The molecule has 1 N–H and O–H groups in total. The fourth-order valence-electron chi connectivity index (χ4n) is 2.78. The average molecular weight is 295 g/mol. The van der Waals surface area contributed by atoms with Crippen LogP contribution in [0.3, 0.4) is 0 Å². The summed E-state index contributed by atoms with van der Waals surface area (Å²) in [4.78, 5) is 14.4. The number of ketones is 1. The van der Waals surface area contributed by atoms with E-state index < -0.39 is 5.82 Å². The van der Waals surface area contributed by atoms with Gasteiger partial charge in [-0.2, -0.15) is 0 Å². The molecule has 1 saturated heterocycles. The van der Waals surface area contributed by atoms with Crippen LogP contribution in [0.4, 0.5) is 4.39 Å². The summed E-state index contributed by atoms with van der Waals surface area (Å²) >= 11 is 0. The van der Waals surface area contributed by atoms with Crippen molar-refractivity contribution in [2.75, 3.05) is 26.7 Å². The van der Waals surface area contributed by atoms with E-state index in [1.807, 2.05) is 11.8 Å². The summed E-state index contributed by atoms with van der Waals surface area (Å²) < 4.78 is 18.4. The fourth-order valence-corrected chi connectivity index (χ4v) is 2.78. The van der Waals surface area contributed by atoms with Gasteiger partial charge in [-0.25, -0.2) is 4.39 Å². The zero-order valence-corrected chi connectivity index (χ0v) is 12.5. The minimum atomic E-state index is -0.438. The summed E-state index contributed by atoms with van der Waals surface area (Å²) in [6.07, 6.45) is 1.46. The molecule has 0 bridgehead atoms. The molecule has 1 aromatic carbocycles. The summed E-state index contributed by atoms with van der Waals surface area (Å²) in [5.41, 5.74) is 0.287. The number of aliphatic hydroxyl groups excluding tert-OH is 1. The molecule has 1 aromatic rings. The third-order valence-electron chi connectivity index (χ3n) is 4.14. The molecule has 1 heterocycles. The Morgan fingerprint density at radius 1 is 1.48 bits per heavy atom. The molecule has 4 nitrogen and oxygen atoms in total. The highest BCUT2D eigenvalue weighted by molar-refractivity contribution is 6.00. The van der Waals surface area contributed by atoms with Crippen LogP contribution < -0.4 is 4.74 Å². The Labute approximate surface area is 124 Å². The second-order valence-corrected chi connectivity index (χ2v) is 5.62. The quantitative estimate of drug-likeness (QED) is 0.845. The van der Waals surface area contributed by atoms with Gasteiger partial charge in [0.25, 0.3) is 0 Å². The molecular weight excluding hydrogens is 273 g/mol.